The van der Waals surface area contributed by atoms with Crippen LogP contribution in [0, 0.1) is 6.92 Å². The maximum atomic E-state index is 11.4. The van der Waals surface area contributed by atoms with E-state index in [0.29, 0.717) is 11.7 Å². The van der Waals surface area contributed by atoms with Crippen LogP contribution in [0.1, 0.15) is 31.9 Å². The van der Waals surface area contributed by atoms with E-state index < -0.39 is 11.7 Å². The highest BCUT2D eigenvalue weighted by Crippen LogP contribution is 2.13. The number of amides is 1. The predicted molar refractivity (Wildman–Crippen MR) is 77.3 cm³/mol. The van der Waals surface area contributed by atoms with Gasteiger partial charge in [0, 0.05) is 12.7 Å². The summed E-state index contributed by atoms with van der Waals surface area (Å²) in [6.45, 7) is 7.83. The molecule has 0 spiro atoms. The molecule has 0 aliphatic heterocycles. The zero-order valence-electron chi connectivity index (χ0n) is 11.7. The van der Waals surface area contributed by atoms with Crippen molar-refractivity contribution in [3.63, 3.8) is 0 Å². The molecular weight excluding hydrogens is 264 g/mol. The van der Waals surface area contributed by atoms with Gasteiger partial charge in [-0.2, -0.15) is 0 Å². The van der Waals surface area contributed by atoms with Crippen LogP contribution in [0.5, 0.6) is 0 Å². The van der Waals surface area contributed by atoms with Gasteiger partial charge in [-0.05, 0) is 44.9 Å². The van der Waals surface area contributed by atoms with Gasteiger partial charge in [-0.3, -0.25) is 0 Å². The Bertz CT molecular complexity index is 479. The molecule has 1 aromatic rings. The number of carbonyl (C=O) groups is 1. The summed E-state index contributed by atoms with van der Waals surface area (Å²) in [5, 5.41) is 3.12. The Balaban J connectivity index is 2.44. The SMILES string of the molecule is Cc1cc(Cl)ncc1C=CCNC(=O)OC(C)(C)C. The van der Waals surface area contributed by atoms with Gasteiger partial charge in [0.25, 0.3) is 0 Å². The van der Waals surface area contributed by atoms with Crippen molar-refractivity contribution < 1.29 is 9.53 Å². The molecule has 0 radical (unpaired) electrons. The van der Waals surface area contributed by atoms with Crippen LogP contribution >= 0.6 is 11.6 Å². The standard InChI is InChI=1S/C14H19ClN2O2/c1-10-8-12(15)17-9-11(10)6-5-7-16-13(18)19-14(2,3)4/h5-6,8-9H,7H2,1-4H3,(H,16,18). The molecule has 0 aromatic carbocycles. The molecule has 1 heterocycles. The Morgan fingerprint density at radius 2 is 2.21 bits per heavy atom. The van der Waals surface area contributed by atoms with Gasteiger partial charge in [0.2, 0.25) is 0 Å². The first kappa shape index (κ1) is 15.5. The quantitative estimate of drug-likeness (QED) is 0.862. The Labute approximate surface area is 118 Å². The van der Waals surface area contributed by atoms with Gasteiger partial charge in [-0.25, -0.2) is 9.78 Å². The van der Waals surface area contributed by atoms with Crippen LogP contribution in [0.4, 0.5) is 4.79 Å². The number of hydrogen-bond acceptors (Lipinski definition) is 3. The van der Waals surface area contributed by atoms with Crippen LogP contribution in [-0.4, -0.2) is 23.2 Å². The highest BCUT2D eigenvalue weighted by atomic mass is 35.5. The molecule has 0 atom stereocenters. The fraction of sp³-hybridized carbons (Fsp3) is 0.429. The van der Waals surface area contributed by atoms with E-state index in [1.54, 1.807) is 12.3 Å². The number of halogens is 1. The second kappa shape index (κ2) is 6.57. The number of aromatic nitrogens is 1. The molecule has 5 heteroatoms. The lowest BCUT2D eigenvalue weighted by molar-refractivity contribution is 0.0534. The van der Waals surface area contributed by atoms with Crippen molar-refractivity contribution in [3.8, 4) is 0 Å². The molecule has 1 N–H and O–H groups in total. The lowest BCUT2D eigenvalue weighted by Gasteiger charge is -2.19. The van der Waals surface area contributed by atoms with Gasteiger partial charge >= 0.3 is 6.09 Å². The third-order valence-corrected chi connectivity index (χ3v) is 2.39. The minimum Gasteiger partial charge on any atom is -0.444 e. The van der Waals surface area contributed by atoms with E-state index in [2.05, 4.69) is 10.3 Å². The maximum absolute atomic E-state index is 11.4. The van der Waals surface area contributed by atoms with Crippen molar-refractivity contribution in [1.29, 1.82) is 0 Å². The molecular formula is C14H19ClN2O2. The van der Waals surface area contributed by atoms with Gasteiger partial charge in [0.1, 0.15) is 10.8 Å². The number of hydrogen-bond donors (Lipinski definition) is 1. The number of pyridine rings is 1. The molecule has 0 fully saturated rings. The Morgan fingerprint density at radius 1 is 1.53 bits per heavy atom. The summed E-state index contributed by atoms with van der Waals surface area (Å²) in [4.78, 5) is 15.4. The normalized spacial score (nSPS) is 11.6. The summed E-state index contributed by atoms with van der Waals surface area (Å²) in [5.74, 6) is 0. The van der Waals surface area contributed by atoms with Crippen molar-refractivity contribution in [2.24, 2.45) is 0 Å². The number of aryl methyl sites for hydroxylation is 1. The lowest BCUT2D eigenvalue weighted by Crippen LogP contribution is -2.32. The smallest absolute Gasteiger partial charge is 0.407 e. The Kier molecular flexibility index (Phi) is 5.36. The first-order valence-electron chi connectivity index (χ1n) is 6.03. The van der Waals surface area contributed by atoms with Crippen LogP contribution in [-0.2, 0) is 4.74 Å². The Morgan fingerprint density at radius 3 is 2.79 bits per heavy atom. The van der Waals surface area contributed by atoms with Crippen LogP contribution in [0.2, 0.25) is 5.15 Å². The zero-order chi connectivity index (χ0) is 14.5. The van der Waals surface area contributed by atoms with Gasteiger partial charge < -0.3 is 10.1 Å². The van der Waals surface area contributed by atoms with Crippen LogP contribution < -0.4 is 5.32 Å². The number of ether oxygens (including phenoxy) is 1. The summed E-state index contributed by atoms with van der Waals surface area (Å²) in [6, 6.07) is 1.79. The van der Waals surface area contributed by atoms with Gasteiger partial charge in [-0.15, -0.1) is 0 Å². The highest BCUT2D eigenvalue weighted by molar-refractivity contribution is 6.29. The maximum Gasteiger partial charge on any atom is 0.407 e. The zero-order valence-corrected chi connectivity index (χ0v) is 12.4. The van der Waals surface area contributed by atoms with E-state index in [4.69, 9.17) is 16.3 Å². The first-order chi connectivity index (χ1) is 8.78. The number of rotatable bonds is 3. The van der Waals surface area contributed by atoms with E-state index in [0.717, 1.165) is 11.1 Å². The molecule has 1 amide bonds. The monoisotopic (exact) mass is 282 g/mol. The minimum absolute atomic E-state index is 0.400. The predicted octanol–water partition coefficient (Wildman–Crippen LogP) is 3.58. The third kappa shape index (κ3) is 6.25. The molecule has 0 aliphatic carbocycles. The van der Waals surface area contributed by atoms with Crippen molar-refractivity contribution in [2.75, 3.05) is 6.54 Å². The number of nitrogens with one attached hydrogen (secondary N) is 1. The summed E-state index contributed by atoms with van der Waals surface area (Å²) in [6.07, 6.45) is 4.99. The molecule has 0 aliphatic rings. The average molecular weight is 283 g/mol. The number of carbonyl (C=O) groups excluding carboxylic acids is 1. The van der Waals surface area contributed by atoms with Gasteiger partial charge in [-0.1, -0.05) is 23.8 Å². The fourth-order valence-corrected chi connectivity index (χ4v) is 1.56. The fourth-order valence-electron chi connectivity index (χ4n) is 1.35. The molecule has 1 aromatic heterocycles. The average Bonchev–Trinajstić information content (AvgIpc) is 2.24. The second-order valence-corrected chi connectivity index (χ2v) is 5.54. The molecule has 1 rings (SSSR count). The summed E-state index contributed by atoms with van der Waals surface area (Å²) >= 11 is 5.77. The van der Waals surface area contributed by atoms with E-state index in [9.17, 15) is 4.79 Å². The van der Waals surface area contributed by atoms with Gasteiger partial charge in [0.05, 0.1) is 0 Å². The summed E-state index contributed by atoms with van der Waals surface area (Å²) in [7, 11) is 0. The molecule has 104 valence electrons. The topological polar surface area (TPSA) is 51.2 Å². The summed E-state index contributed by atoms with van der Waals surface area (Å²) < 4.78 is 5.12. The third-order valence-electron chi connectivity index (χ3n) is 2.18. The minimum atomic E-state index is -0.482. The van der Waals surface area contributed by atoms with E-state index in [1.165, 1.54) is 0 Å². The van der Waals surface area contributed by atoms with E-state index in [1.807, 2.05) is 39.8 Å². The molecule has 19 heavy (non-hydrogen) atoms. The number of alkyl carbamates (subject to hydrolysis) is 1. The summed E-state index contributed by atoms with van der Waals surface area (Å²) in [5.41, 5.74) is 1.52. The number of nitrogens with zero attached hydrogens (tertiary/aromatic N) is 1. The molecule has 0 saturated heterocycles. The van der Waals surface area contributed by atoms with Crippen LogP contribution in [0.3, 0.4) is 0 Å². The van der Waals surface area contributed by atoms with Gasteiger partial charge in [0.15, 0.2) is 0 Å². The van der Waals surface area contributed by atoms with Crippen molar-refractivity contribution in [2.45, 2.75) is 33.3 Å². The highest BCUT2D eigenvalue weighted by Gasteiger charge is 2.14. The Hall–Kier alpha value is -1.55. The van der Waals surface area contributed by atoms with Crippen LogP contribution in [0.15, 0.2) is 18.3 Å². The molecule has 4 nitrogen and oxygen atoms in total. The van der Waals surface area contributed by atoms with Crippen molar-refractivity contribution in [3.05, 3.63) is 34.6 Å². The van der Waals surface area contributed by atoms with Crippen molar-refractivity contribution in [1.82, 2.24) is 10.3 Å². The molecule has 0 saturated carbocycles. The van der Waals surface area contributed by atoms with Crippen LogP contribution in [0.25, 0.3) is 6.08 Å². The largest absolute Gasteiger partial charge is 0.444 e. The van der Waals surface area contributed by atoms with E-state index >= 15 is 0 Å². The van der Waals surface area contributed by atoms with Crippen molar-refractivity contribution >= 4 is 23.8 Å². The molecule has 0 unspecified atom stereocenters. The first-order valence-corrected chi connectivity index (χ1v) is 6.41. The second-order valence-electron chi connectivity index (χ2n) is 5.15. The molecule has 0 bridgehead atoms. The lowest BCUT2D eigenvalue weighted by atomic mass is 10.1. The van der Waals surface area contributed by atoms with E-state index in [-0.39, 0.29) is 0 Å².